The first-order valence-corrected chi connectivity index (χ1v) is 3.24. The molecule has 0 fully saturated rings. The van der Waals surface area contributed by atoms with E-state index in [2.05, 4.69) is 9.97 Å². The van der Waals surface area contributed by atoms with Gasteiger partial charge in [-0.1, -0.05) is 11.6 Å². The van der Waals surface area contributed by atoms with Crippen molar-refractivity contribution >= 4 is 22.7 Å². The summed E-state index contributed by atoms with van der Waals surface area (Å²) in [6.07, 6.45) is 1.31. The van der Waals surface area contributed by atoms with E-state index >= 15 is 0 Å². The Hall–Kier alpha value is -1.29. The summed E-state index contributed by atoms with van der Waals surface area (Å²) in [4.78, 5) is 7.48. The van der Waals surface area contributed by atoms with Gasteiger partial charge in [-0.05, 0) is 0 Å². The fourth-order valence-corrected chi connectivity index (χ4v) is 0.992. The Bertz CT molecular complexity index is 398. The topological polar surface area (TPSA) is 59.2 Å². The van der Waals surface area contributed by atoms with Crippen molar-refractivity contribution in [1.29, 1.82) is 0 Å². The van der Waals surface area contributed by atoms with Crippen molar-refractivity contribution in [2.75, 3.05) is 0 Å². The van der Waals surface area contributed by atoms with Gasteiger partial charge in [0.2, 0.25) is 0 Å². The highest BCUT2D eigenvalue weighted by Crippen LogP contribution is 2.25. The Morgan fingerprint density at radius 2 is 2.27 bits per heavy atom. The Balaban J connectivity index is 2.90. The highest BCUT2D eigenvalue weighted by Gasteiger charge is 2.06. The van der Waals surface area contributed by atoms with Gasteiger partial charge in [-0.2, -0.15) is 0 Å². The quantitative estimate of drug-likeness (QED) is 0.610. The second kappa shape index (κ2) is 2.10. The smallest absolute Gasteiger partial charge is 0.284 e. The number of halogens is 1. The lowest BCUT2D eigenvalue weighted by Gasteiger charge is -1.86. The van der Waals surface area contributed by atoms with Gasteiger partial charge in [0, 0.05) is 6.07 Å². The lowest BCUT2D eigenvalue weighted by molar-refractivity contribution is 0.346. The second-order valence-corrected chi connectivity index (χ2v) is 2.32. The van der Waals surface area contributed by atoms with Crippen molar-refractivity contribution in [2.45, 2.75) is 0 Å². The van der Waals surface area contributed by atoms with Crippen LogP contribution in [0.1, 0.15) is 0 Å². The fraction of sp³-hybridized carbons (Fsp3) is 0. The maximum absolute atomic E-state index is 8.89. The number of furan rings is 1. The van der Waals surface area contributed by atoms with Gasteiger partial charge >= 0.3 is 0 Å². The van der Waals surface area contributed by atoms with Crippen molar-refractivity contribution in [3.63, 3.8) is 0 Å². The Morgan fingerprint density at radius 3 is 3.00 bits per heavy atom. The van der Waals surface area contributed by atoms with Crippen LogP contribution in [0.25, 0.3) is 11.1 Å². The third-order valence-electron chi connectivity index (χ3n) is 1.25. The van der Waals surface area contributed by atoms with Crippen molar-refractivity contribution < 1.29 is 9.52 Å². The maximum atomic E-state index is 8.89. The molecule has 0 aromatic carbocycles. The van der Waals surface area contributed by atoms with Gasteiger partial charge in [-0.25, -0.2) is 9.97 Å². The first kappa shape index (κ1) is 6.42. The van der Waals surface area contributed by atoms with Crippen LogP contribution < -0.4 is 0 Å². The van der Waals surface area contributed by atoms with Crippen molar-refractivity contribution in [3.8, 4) is 5.95 Å². The predicted octanol–water partition coefficient (Wildman–Crippen LogP) is 1.58. The predicted molar refractivity (Wildman–Crippen MR) is 38.5 cm³/mol. The van der Waals surface area contributed by atoms with Crippen molar-refractivity contribution in [1.82, 2.24) is 9.97 Å². The largest absolute Gasteiger partial charge is 0.481 e. The lowest BCUT2D eigenvalue weighted by atomic mass is 10.5. The lowest BCUT2D eigenvalue weighted by Crippen LogP contribution is -1.77. The summed E-state index contributed by atoms with van der Waals surface area (Å²) in [5, 5.41) is 9.09. The van der Waals surface area contributed by atoms with Crippen LogP contribution in [0.4, 0.5) is 0 Å². The first-order valence-electron chi connectivity index (χ1n) is 2.86. The molecule has 5 heteroatoms. The standard InChI is InChI=1S/C6H3ClN2O2/c7-6-5-3(8-2-9-6)1-4(10)11-5/h1-2,10H. The number of aromatic hydroxyl groups is 1. The van der Waals surface area contributed by atoms with Crippen molar-refractivity contribution in [2.24, 2.45) is 0 Å². The molecule has 0 aliphatic rings. The molecule has 0 saturated carbocycles. The summed E-state index contributed by atoms with van der Waals surface area (Å²) in [6, 6.07) is 1.38. The zero-order chi connectivity index (χ0) is 7.84. The number of aromatic nitrogens is 2. The van der Waals surface area contributed by atoms with E-state index in [-0.39, 0.29) is 11.1 Å². The molecule has 0 aliphatic carbocycles. The molecule has 2 aromatic heterocycles. The minimum Gasteiger partial charge on any atom is -0.481 e. The molecule has 0 bridgehead atoms. The number of nitrogens with zero attached hydrogens (tertiary/aromatic N) is 2. The molecular weight excluding hydrogens is 168 g/mol. The van der Waals surface area contributed by atoms with Gasteiger partial charge in [0.1, 0.15) is 11.8 Å². The van der Waals surface area contributed by atoms with E-state index in [4.69, 9.17) is 21.1 Å². The molecular formula is C6H3ClN2O2. The molecule has 0 spiro atoms. The molecule has 1 N–H and O–H groups in total. The average molecular weight is 171 g/mol. The zero-order valence-electron chi connectivity index (χ0n) is 5.28. The first-order chi connectivity index (χ1) is 5.27. The molecule has 56 valence electrons. The molecule has 0 unspecified atom stereocenters. The van der Waals surface area contributed by atoms with Crippen LogP contribution in [0.15, 0.2) is 16.8 Å². The van der Waals surface area contributed by atoms with Crippen LogP contribution in [0.3, 0.4) is 0 Å². The third kappa shape index (κ3) is 0.914. The molecule has 0 atom stereocenters. The van der Waals surface area contributed by atoms with Crippen LogP contribution in [0.5, 0.6) is 5.95 Å². The van der Waals surface area contributed by atoms with Gasteiger partial charge < -0.3 is 9.52 Å². The van der Waals surface area contributed by atoms with Gasteiger partial charge in [-0.3, -0.25) is 0 Å². The van der Waals surface area contributed by atoms with Crippen LogP contribution in [0.2, 0.25) is 5.15 Å². The molecule has 2 heterocycles. The minimum absolute atomic E-state index is 0.204. The molecule has 0 radical (unpaired) electrons. The Kier molecular flexibility index (Phi) is 1.22. The summed E-state index contributed by atoms with van der Waals surface area (Å²) < 4.78 is 4.80. The van der Waals surface area contributed by atoms with E-state index in [1.807, 2.05) is 0 Å². The van der Waals surface area contributed by atoms with Crippen LogP contribution in [-0.4, -0.2) is 15.1 Å². The van der Waals surface area contributed by atoms with Gasteiger partial charge in [0.15, 0.2) is 10.7 Å². The van der Waals surface area contributed by atoms with E-state index in [0.29, 0.717) is 11.1 Å². The van der Waals surface area contributed by atoms with Gasteiger partial charge in [0.05, 0.1) is 0 Å². The number of fused-ring (bicyclic) bond motifs is 1. The van der Waals surface area contributed by atoms with Crippen molar-refractivity contribution in [3.05, 3.63) is 17.5 Å². The van der Waals surface area contributed by atoms with Crippen LogP contribution in [0, 0.1) is 0 Å². The van der Waals surface area contributed by atoms with E-state index in [9.17, 15) is 0 Å². The highest BCUT2D eigenvalue weighted by molar-refractivity contribution is 6.33. The average Bonchev–Trinajstić information content (AvgIpc) is 2.31. The SMILES string of the molecule is Oc1cc2ncnc(Cl)c2o1. The molecule has 11 heavy (non-hydrogen) atoms. The van der Waals surface area contributed by atoms with E-state index in [0.717, 1.165) is 0 Å². The fourth-order valence-electron chi connectivity index (χ4n) is 0.813. The normalized spacial score (nSPS) is 10.6. The van der Waals surface area contributed by atoms with Crippen LogP contribution >= 0.6 is 11.6 Å². The van der Waals surface area contributed by atoms with E-state index in [1.54, 1.807) is 0 Å². The maximum Gasteiger partial charge on any atom is 0.284 e. The number of rotatable bonds is 0. The summed E-state index contributed by atoms with van der Waals surface area (Å²) in [7, 11) is 0. The van der Waals surface area contributed by atoms with Gasteiger partial charge in [-0.15, -0.1) is 0 Å². The minimum atomic E-state index is -0.206. The number of hydrogen-bond donors (Lipinski definition) is 1. The Labute approximate surface area is 66.4 Å². The van der Waals surface area contributed by atoms with E-state index in [1.165, 1.54) is 12.4 Å². The monoisotopic (exact) mass is 170 g/mol. The van der Waals surface area contributed by atoms with Crippen LogP contribution in [-0.2, 0) is 0 Å². The molecule has 2 rings (SSSR count). The Morgan fingerprint density at radius 1 is 1.45 bits per heavy atom. The molecule has 0 saturated heterocycles. The summed E-state index contributed by atoms with van der Waals surface area (Å²) in [6.45, 7) is 0. The highest BCUT2D eigenvalue weighted by atomic mass is 35.5. The second-order valence-electron chi connectivity index (χ2n) is 1.96. The zero-order valence-corrected chi connectivity index (χ0v) is 6.04. The number of hydrogen-bond acceptors (Lipinski definition) is 4. The molecule has 2 aromatic rings. The van der Waals surface area contributed by atoms with Gasteiger partial charge in [0.25, 0.3) is 5.95 Å². The molecule has 4 nitrogen and oxygen atoms in total. The third-order valence-corrected chi connectivity index (χ3v) is 1.52. The molecule has 0 aliphatic heterocycles. The molecule has 0 amide bonds. The summed E-state index contributed by atoms with van der Waals surface area (Å²) >= 11 is 5.61. The van der Waals surface area contributed by atoms with E-state index < -0.39 is 0 Å². The summed E-state index contributed by atoms with van der Waals surface area (Å²) in [5.41, 5.74) is 0.814. The summed E-state index contributed by atoms with van der Waals surface area (Å²) in [5.74, 6) is -0.206.